The molecular formula is C29H37FN2OS. The molecule has 2 aliphatic rings. The van der Waals surface area contributed by atoms with Crippen molar-refractivity contribution in [3.05, 3.63) is 94.4 Å². The highest BCUT2D eigenvalue weighted by molar-refractivity contribution is 7.07. The number of ether oxygens (including phenoxy) is 1. The molecular weight excluding hydrogens is 443 g/mol. The zero-order valence-electron chi connectivity index (χ0n) is 20.0. The summed E-state index contributed by atoms with van der Waals surface area (Å²) in [5.74, 6) is 1.28. The zero-order valence-corrected chi connectivity index (χ0v) is 20.8. The molecule has 5 heteroatoms. The number of benzene rings is 2. The van der Waals surface area contributed by atoms with Crippen molar-refractivity contribution >= 4 is 11.3 Å². The van der Waals surface area contributed by atoms with Crippen LogP contribution in [0.5, 0.6) is 0 Å². The molecule has 0 N–H and O–H groups in total. The molecule has 0 aliphatic carbocycles. The highest BCUT2D eigenvalue weighted by Crippen LogP contribution is 2.23. The maximum absolute atomic E-state index is 13.0. The van der Waals surface area contributed by atoms with Crippen molar-refractivity contribution in [2.75, 3.05) is 39.3 Å². The van der Waals surface area contributed by atoms with Gasteiger partial charge in [0.15, 0.2) is 0 Å². The molecule has 1 aromatic heterocycles. The third-order valence-electron chi connectivity index (χ3n) is 6.80. The maximum atomic E-state index is 13.0. The fraction of sp³-hybridized carbons (Fsp3) is 0.448. The van der Waals surface area contributed by atoms with E-state index < -0.39 is 0 Å². The van der Waals surface area contributed by atoms with E-state index in [1.54, 1.807) is 23.5 Å². The van der Waals surface area contributed by atoms with E-state index in [1.807, 2.05) is 22.9 Å². The highest BCUT2D eigenvalue weighted by atomic mass is 32.1. The summed E-state index contributed by atoms with van der Waals surface area (Å²) >= 11 is 1.71. The van der Waals surface area contributed by atoms with Crippen LogP contribution in [0.3, 0.4) is 0 Å². The van der Waals surface area contributed by atoms with Crippen molar-refractivity contribution in [3.63, 3.8) is 0 Å². The van der Waals surface area contributed by atoms with Gasteiger partial charge >= 0.3 is 0 Å². The number of halogens is 1. The summed E-state index contributed by atoms with van der Waals surface area (Å²) in [6.45, 7) is 8.58. The van der Waals surface area contributed by atoms with Crippen molar-refractivity contribution in [3.8, 4) is 0 Å². The van der Waals surface area contributed by atoms with Crippen LogP contribution < -0.4 is 0 Å². The van der Waals surface area contributed by atoms with E-state index in [4.69, 9.17) is 4.74 Å². The van der Waals surface area contributed by atoms with Crippen molar-refractivity contribution in [1.29, 1.82) is 0 Å². The summed E-state index contributed by atoms with van der Waals surface area (Å²) in [4.78, 5) is 5.27. The number of hydrogen-bond donors (Lipinski definition) is 0. The Morgan fingerprint density at radius 1 is 0.765 bits per heavy atom. The van der Waals surface area contributed by atoms with Gasteiger partial charge in [0.25, 0.3) is 0 Å². The molecule has 0 bridgehead atoms. The minimum atomic E-state index is -0.188. The molecule has 34 heavy (non-hydrogen) atoms. The Bertz CT molecular complexity index is 894. The van der Waals surface area contributed by atoms with E-state index in [9.17, 15) is 4.39 Å². The topological polar surface area (TPSA) is 15.7 Å². The third kappa shape index (κ3) is 8.62. The number of rotatable bonds is 8. The molecule has 3 heterocycles. The van der Waals surface area contributed by atoms with Gasteiger partial charge in [0.05, 0.1) is 6.61 Å². The number of hydrogen-bond acceptors (Lipinski definition) is 4. The predicted octanol–water partition coefficient (Wildman–Crippen LogP) is 6.32. The third-order valence-corrected chi connectivity index (χ3v) is 7.43. The molecule has 2 saturated heterocycles. The standard InChI is InChI=1S/C25H33FN2O.C4H4S/c26-25-8-6-22(7-9-25)19-29-20-23-10-13-27(14-11-23)17-24-12-15-28(18-24)16-21-4-2-1-3-5-21;1-2-4-5-3-1/h1-9,23-24H,10-20H2;1-4H. The van der Waals surface area contributed by atoms with Crippen LogP contribution in [0.4, 0.5) is 4.39 Å². The zero-order chi connectivity index (χ0) is 23.4. The Hall–Kier alpha value is -2.05. The van der Waals surface area contributed by atoms with Gasteiger partial charge in [-0.3, -0.25) is 4.90 Å². The minimum Gasteiger partial charge on any atom is -0.376 e. The van der Waals surface area contributed by atoms with Crippen LogP contribution in [0.2, 0.25) is 0 Å². The molecule has 3 nitrogen and oxygen atoms in total. The average molecular weight is 481 g/mol. The Balaban J connectivity index is 0.000000486. The second-order valence-corrected chi connectivity index (χ2v) is 10.4. The van der Waals surface area contributed by atoms with Crippen LogP contribution in [0, 0.1) is 17.7 Å². The lowest BCUT2D eigenvalue weighted by molar-refractivity contribution is 0.0546. The van der Waals surface area contributed by atoms with Crippen LogP contribution in [0.15, 0.2) is 77.5 Å². The van der Waals surface area contributed by atoms with Gasteiger partial charge in [0.1, 0.15) is 5.82 Å². The fourth-order valence-electron chi connectivity index (χ4n) is 4.90. The Kier molecular flexibility index (Phi) is 10.1. The lowest BCUT2D eigenvalue weighted by Gasteiger charge is -2.33. The van der Waals surface area contributed by atoms with E-state index in [2.05, 4.69) is 40.1 Å². The average Bonchev–Trinajstić information content (AvgIpc) is 3.58. The van der Waals surface area contributed by atoms with Crippen LogP contribution in [0.1, 0.15) is 30.4 Å². The molecule has 0 amide bonds. The van der Waals surface area contributed by atoms with Gasteiger partial charge in [0.2, 0.25) is 0 Å². The number of thiophene rings is 1. The van der Waals surface area contributed by atoms with Gasteiger partial charge in [-0.1, -0.05) is 54.6 Å². The summed E-state index contributed by atoms with van der Waals surface area (Å²) in [6, 6.07) is 21.5. The smallest absolute Gasteiger partial charge is 0.123 e. The van der Waals surface area contributed by atoms with Crippen molar-refractivity contribution < 1.29 is 9.13 Å². The second kappa shape index (κ2) is 13.7. The second-order valence-electron chi connectivity index (χ2n) is 9.55. The van der Waals surface area contributed by atoms with Gasteiger partial charge < -0.3 is 9.64 Å². The Labute approximate surface area is 208 Å². The lowest BCUT2D eigenvalue weighted by Crippen LogP contribution is -2.38. The quantitative estimate of drug-likeness (QED) is 0.375. The first-order valence-electron chi connectivity index (χ1n) is 12.5. The summed E-state index contributed by atoms with van der Waals surface area (Å²) in [7, 11) is 0. The lowest BCUT2D eigenvalue weighted by atomic mass is 9.96. The summed E-state index contributed by atoms with van der Waals surface area (Å²) in [6.07, 6.45) is 3.78. The first-order valence-corrected chi connectivity index (χ1v) is 13.5. The normalized spacial score (nSPS) is 19.6. The van der Waals surface area contributed by atoms with E-state index in [1.165, 1.54) is 69.7 Å². The molecule has 0 saturated carbocycles. The molecule has 0 radical (unpaired) electrons. The Morgan fingerprint density at radius 3 is 2.12 bits per heavy atom. The van der Waals surface area contributed by atoms with Crippen LogP contribution in [-0.4, -0.2) is 49.1 Å². The molecule has 3 aromatic rings. The molecule has 2 fully saturated rings. The van der Waals surface area contributed by atoms with Crippen molar-refractivity contribution in [2.45, 2.75) is 32.4 Å². The van der Waals surface area contributed by atoms with Crippen molar-refractivity contribution in [2.24, 2.45) is 11.8 Å². The minimum absolute atomic E-state index is 0.188. The largest absolute Gasteiger partial charge is 0.376 e. The summed E-state index contributed by atoms with van der Waals surface area (Å²) in [5, 5.41) is 4.08. The first-order chi connectivity index (χ1) is 16.7. The monoisotopic (exact) mass is 480 g/mol. The van der Waals surface area contributed by atoms with E-state index in [0.717, 1.165) is 24.6 Å². The van der Waals surface area contributed by atoms with Gasteiger partial charge in [-0.25, -0.2) is 4.39 Å². The van der Waals surface area contributed by atoms with Gasteiger partial charge in [-0.15, -0.1) is 0 Å². The van der Waals surface area contributed by atoms with Gasteiger partial charge in [-0.05, 0) is 84.8 Å². The molecule has 0 spiro atoms. The first kappa shape index (κ1) is 25.1. The Morgan fingerprint density at radius 2 is 1.44 bits per heavy atom. The van der Waals surface area contributed by atoms with Crippen LogP contribution in [0.25, 0.3) is 0 Å². The van der Waals surface area contributed by atoms with E-state index >= 15 is 0 Å². The summed E-state index contributed by atoms with van der Waals surface area (Å²) < 4.78 is 18.8. The fourth-order valence-corrected chi connectivity index (χ4v) is 5.35. The molecule has 182 valence electrons. The number of likely N-dealkylation sites (tertiary alicyclic amines) is 2. The van der Waals surface area contributed by atoms with E-state index in [-0.39, 0.29) is 5.82 Å². The van der Waals surface area contributed by atoms with E-state index in [0.29, 0.717) is 12.5 Å². The predicted molar refractivity (Wildman–Crippen MR) is 139 cm³/mol. The molecule has 5 rings (SSSR count). The molecule has 1 atom stereocenters. The number of nitrogens with zero attached hydrogens (tertiary/aromatic N) is 2. The van der Waals surface area contributed by atoms with Crippen LogP contribution >= 0.6 is 11.3 Å². The molecule has 1 unspecified atom stereocenters. The van der Waals surface area contributed by atoms with Crippen molar-refractivity contribution in [1.82, 2.24) is 9.80 Å². The highest BCUT2D eigenvalue weighted by Gasteiger charge is 2.26. The van der Waals surface area contributed by atoms with Gasteiger partial charge in [-0.2, -0.15) is 11.3 Å². The maximum Gasteiger partial charge on any atom is 0.123 e. The number of piperidine rings is 1. The molecule has 2 aromatic carbocycles. The SMILES string of the molecule is Fc1ccc(COCC2CCN(CC3CCN(Cc4ccccc4)C3)CC2)cc1.c1ccsc1. The van der Waals surface area contributed by atoms with Crippen LogP contribution in [-0.2, 0) is 17.9 Å². The summed E-state index contributed by atoms with van der Waals surface area (Å²) in [5.41, 5.74) is 2.47. The molecule has 2 aliphatic heterocycles. The van der Waals surface area contributed by atoms with Gasteiger partial charge in [0, 0.05) is 26.2 Å².